The lowest BCUT2D eigenvalue weighted by Crippen LogP contribution is -2.49. The summed E-state index contributed by atoms with van der Waals surface area (Å²) in [5, 5.41) is 13.4. The van der Waals surface area contributed by atoms with Crippen molar-refractivity contribution in [2.45, 2.75) is 45.2 Å². The fourth-order valence-corrected chi connectivity index (χ4v) is 2.27. The fraction of sp³-hybridized carbons (Fsp3) is 0.889. The predicted octanol–water partition coefficient (Wildman–Crippen LogP) is 1.55. The lowest BCUT2D eigenvalue weighted by molar-refractivity contribution is -0.751. The van der Waals surface area contributed by atoms with Crippen LogP contribution in [-0.2, 0) is 4.84 Å². The maximum Gasteiger partial charge on any atom is 0.294 e. The summed E-state index contributed by atoms with van der Waals surface area (Å²) in [6, 6.07) is 0.994. The summed E-state index contributed by atoms with van der Waals surface area (Å²) in [5.74, 6) is 0.231. The Kier molecular flexibility index (Phi) is 2.39. The highest BCUT2D eigenvalue weighted by Gasteiger charge is 2.37. The third-order valence-corrected chi connectivity index (χ3v) is 2.94. The van der Waals surface area contributed by atoms with Crippen LogP contribution >= 0.6 is 0 Å². The molecule has 0 spiro atoms. The summed E-state index contributed by atoms with van der Waals surface area (Å²) in [4.78, 5) is 6.60. The highest BCUT2D eigenvalue weighted by atomic mass is 16.7. The lowest BCUT2D eigenvalue weighted by atomic mass is 10.00. The SMILES string of the molecule is CC1CCCC(C)N1[N+]1=NOC(=N)C1. The molecule has 78 valence electrons. The van der Waals surface area contributed by atoms with E-state index in [1.54, 1.807) is 4.81 Å². The molecule has 0 aliphatic carbocycles. The smallest absolute Gasteiger partial charge is 0.283 e. The molecule has 0 aromatic heterocycles. The average molecular weight is 197 g/mol. The number of piperidine rings is 1. The molecule has 1 N–H and O–H groups in total. The molecule has 2 aliphatic heterocycles. The Bertz CT molecular complexity index is 266. The van der Waals surface area contributed by atoms with Crippen molar-refractivity contribution in [1.29, 1.82) is 5.41 Å². The summed E-state index contributed by atoms with van der Waals surface area (Å²) in [5.41, 5.74) is 0. The van der Waals surface area contributed by atoms with Crippen LogP contribution in [0, 0.1) is 5.41 Å². The van der Waals surface area contributed by atoms with Crippen LogP contribution in [-0.4, -0.2) is 34.3 Å². The molecule has 0 amide bonds. The van der Waals surface area contributed by atoms with Crippen molar-refractivity contribution in [3.63, 3.8) is 0 Å². The van der Waals surface area contributed by atoms with Gasteiger partial charge < -0.3 is 0 Å². The molecule has 2 unspecified atom stereocenters. The van der Waals surface area contributed by atoms with E-state index in [2.05, 4.69) is 24.1 Å². The average Bonchev–Trinajstić information content (AvgIpc) is 2.51. The third kappa shape index (κ3) is 1.58. The van der Waals surface area contributed by atoms with Crippen LogP contribution in [0.2, 0.25) is 0 Å². The molecule has 5 heteroatoms. The van der Waals surface area contributed by atoms with Gasteiger partial charge in [0.1, 0.15) is 0 Å². The first-order valence-corrected chi connectivity index (χ1v) is 5.19. The predicted molar refractivity (Wildman–Crippen MR) is 51.0 cm³/mol. The zero-order valence-electron chi connectivity index (χ0n) is 8.73. The van der Waals surface area contributed by atoms with Crippen molar-refractivity contribution < 1.29 is 9.64 Å². The number of hydrazine groups is 1. The van der Waals surface area contributed by atoms with E-state index >= 15 is 0 Å². The van der Waals surface area contributed by atoms with E-state index in [0.717, 1.165) is 0 Å². The molecule has 0 aromatic rings. The summed E-state index contributed by atoms with van der Waals surface area (Å²) in [6.07, 6.45) is 3.68. The van der Waals surface area contributed by atoms with Gasteiger partial charge in [0.15, 0.2) is 0 Å². The summed E-state index contributed by atoms with van der Waals surface area (Å²) in [6.45, 7) is 4.88. The van der Waals surface area contributed by atoms with Crippen molar-refractivity contribution in [3.8, 4) is 0 Å². The maximum atomic E-state index is 7.35. The molecule has 2 aliphatic rings. The minimum Gasteiger partial charge on any atom is -0.283 e. The summed E-state index contributed by atoms with van der Waals surface area (Å²) >= 11 is 0. The van der Waals surface area contributed by atoms with E-state index in [1.807, 2.05) is 0 Å². The van der Waals surface area contributed by atoms with Crippen LogP contribution in [0.1, 0.15) is 33.1 Å². The van der Waals surface area contributed by atoms with E-state index in [4.69, 9.17) is 10.2 Å². The third-order valence-electron chi connectivity index (χ3n) is 2.94. The van der Waals surface area contributed by atoms with Crippen LogP contribution in [0.25, 0.3) is 0 Å². The minimum absolute atomic E-state index is 0.231. The highest BCUT2D eigenvalue weighted by molar-refractivity contribution is 5.73. The van der Waals surface area contributed by atoms with Gasteiger partial charge in [0.25, 0.3) is 12.4 Å². The van der Waals surface area contributed by atoms with Gasteiger partial charge in [0.2, 0.25) is 5.28 Å². The molecular weight excluding hydrogens is 180 g/mol. The van der Waals surface area contributed by atoms with Crippen molar-refractivity contribution >= 4 is 5.90 Å². The second-order valence-corrected chi connectivity index (χ2v) is 4.14. The quantitative estimate of drug-likeness (QED) is 0.648. The molecule has 2 atom stereocenters. The number of nitrogens with one attached hydrogen (secondary N) is 1. The molecule has 14 heavy (non-hydrogen) atoms. The van der Waals surface area contributed by atoms with Gasteiger partial charge in [-0.15, -0.1) is 0 Å². The van der Waals surface area contributed by atoms with Crippen LogP contribution < -0.4 is 0 Å². The summed E-state index contributed by atoms with van der Waals surface area (Å²) in [7, 11) is 0. The van der Waals surface area contributed by atoms with Gasteiger partial charge in [-0.2, -0.15) is 5.01 Å². The first-order chi connectivity index (χ1) is 6.68. The zero-order chi connectivity index (χ0) is 10.1. The van der Waals surface area contributed by atoms with Gasteiger partial charge >= 0.3 is 0 Å². The minimum atomic E-state index is 0.231. The molecule has 0 aromatic carbocycles. The Morgan fingerprint density at radius 3 is 2.57 bits per heavy atom. The first-order valence-electron chi connectivity index (χ1n) is 5.19. The molecule has 0 radical (unpaired) electrons. The lowest BCUT2D eigenvalue weighted by Gasteiger charge is -2.32. The van der Waals surface area contributed by atoms with Crippen molar-refractivity contribution in [1.82, 2.24) is 5.01 Å². The monoisotopic (exact) mass is 197 g/mol. The summed E-state index contributed by atoms with van der Waals surface area (Å²) < 4.78 is 0. The Morgan fingerprint density at radius 1 is 1.43 bits per heavy atom. The molecule has 2 heterocycles. The van der Waals surface area contributed by atoms with E-state index < -0.39 is 0 Å². The van der Waals surface area contributed by atoms with Gasteiger partial charge in [0, 0.05) is 4.81 Å². The number of hydrogen-bond acceptors (Lipinski definition) is 4. The van der Waals surface area contributed by atoms with Crippen molar-refractivity contribution in [2.24, 2.45) is 5.28 Å². The van der Waals surface area contributed by atoms with E-state index in [-0.39, 0.29) is 5.90 Å². The Labute approximate surface area is 83.8 Å². The zero-order valence-corrected chi connectivity index (χ0v) is 8.73. The van der Waals surface area contributed by atoms with Crippen LogP contribution in [0.3, 0.4) is 0 Å². The van der Waals surface area contributed by atoms with Gasteiger partial charge in [0.05, 0.1) is 12.1 Å². The first kappa shape index (κ1) is 9.43. The Morgan fingerprint density at radius 2 is 2.07 bits per heavy atom. The largest absolute Gasteiger partial charge is 0.294 e. The molecule has 0 bridgehead atoms. The number of rotatable bonds is 1. The van der Waals surface area contributed by atoms with Gasteiger partial charge in [-0.25, -0.2) is 0 Å². The van der Waals surface area contributed by atoms with Gasteiger partial charge in [-0.3, -0.25) is 10.2 Å². The topological polar surface area (TPSA) is 51.7 Å². The van der Waals surface area contributed by atoms with Gasteiger partial charge in [-0.05, 0) is 33.1 Å². The van der Waals surface area contributed by atoms with Crippen LogP contribution in [0.5, 0.6) is 0 Å². The van der Waals surface area contributed by atoms with Crippen LogP contribution in [0.4, 0.5) is 0 Å². The number of nitrogens with zero attached hydrogens (tertiary/aromatic N) is 3. The molecule has 1 fully saturated rings. The normalized spacial score (nSPS) is 32.9. The fourth-order valence-electron chi connectivity index (χ4n) is 2.27. The standard InChI is InChI=1S/C9H17N4O/c1-7-4-3-5-8(2)13(7)12-6-9(10)14-11-12/h7-8,10H,3-6H2,1-2H3/q+1. The molecule has 2 rings (SSSR count). The van der Waals surface area contributed by atoms with E-state index in [0.29, 0.717) is 18.6 Å². The van der Waals surface area contributed by atoms with Crippen molar-refractivity contribution in [2.75, 3.05) is 6.54 Å². The molecule has 0 saturated carbocycles. The van der Waals surface area contributed by atoms with E-state index in [1.165, 1.54) is 19.3 Å². The second-order valence-electron chi connectivity index (χ2n) is 4.14. The van der Waals surface area contributed by atoms with E-state index in [9.17, 15) is 0 Å². The maximum absolute atomic E-state index is 7.35. The van der Waals surface area contributed by atoms with Gasteiger partial charge in [-0.1, -0.05) is 0 Å². The molecular formula is C9H17N4O+. The second kappa shape index (κ2) is 3.55. The molecule has 1 saturated heterocycles. The number of hydrogen-bond donors (Lipinski definition) is 1. The Balaban J connectivity index is 2.10. The van der Waals surface area contributed by atoms with Crippen LogP contribution in [0.15, 0.2) is 5.28 Å². The Hall–Kier alpha value is -1.13. The molecule has 5 nitrogen and oxygen atoms in total. The highest BCUT2D eigenvalue weighted by Crippen LogP contribution is 2.23. The van der Waals surface area contributed by atoms with Crippen molar-refractivity contribution in [3.05, 3.63) is 0 Å².